The number of nitrogens with zero attached hydrogens (tertiary/aromatic N) is 1. The third-order valence-corrected chi connectivity index (χ3v) is 5.04. The van der Waals surface area contributed by atoms with Crippen molar-refractivity contribution in [3.05, 3.63) is 27.4 Å². The number of hydrogen-bond donors (Lipinski definition) is 1. The molecule has 1 aliphatic heterocycles. The summed E-state index contributed by atoms with van der Waals surface area (Å²) in [4.78, 5) is 19.7. The molecule has 0 spiro atoms. The average Bonchev–Trinajstić information content (AvgIpc) is 2.88. The highest BCUT2D eigenvalue weighted by molar-refractivity contribution is 7.98. The highest BCUT2D eigenvalue weighted by atomic mass is 32.2. The van der Waals surface area contributed by atoms with Gasteiger partial charge in [0.2, 0.25) is 0 Å². The van der Waals surface area contributed by atoms with Crippen molar-refractivity contribution >= 4 is 11.8 Å². The molecule has 0 atom stereocenters. The fourth-order valence-electron chi connectivity index (χ4n) is 2.94. The lowest BCUT2D eigenvalue weighted by atomic mass is 9.84. The van der Waals surface area contributed by atoms with Crippen LogP contribution in [0.5, 0.6) is 0 Å². The van der Waals surface area contributed by atoms with Crippen LogP contribution in [0.2, 0.25) is 0 Å². The highest BCUT2D eigenvalue weighted by Crippen LogP contribution is 2.38. The first-order valence-electron chi connectivity index (χ1n) is 6.51. The minimum absolute atomic E-state index is 0.0296. The molecular weight excluding hydrogens is 248 g/mol. The van der Waals surface area contributed by atoms with Crippen LogP contribution >= 0.6 is 11.8 Å². The number of ether oxygens (including phenoxy) is 1. The molecule has 0 saturated heterocycles. The second kappa shape index (κ2) is 4.70. The van der Waals surface area contributed by atoms with E-state index in [4.69, 9.17) is 4.74 Å². The molecule has 1 saturated carbocycles. The molecule has 3 rings (SSSR count). The van der Waals surface area contributed by atoms with Crippen LogP contribution in [0.25, 0.3) is 0 Å². The zero-order valence-corrected chi connectivity index (χ0v) is 11.4. The van der Waals surface area contributed by atoms with Gasteiger partial charge in [-0.1, -0.05) is 19.3 Å². The van der Waals surface area contributed by atoms with Crippen molar-refractivity contribution in [3.63, 3.8) is 0 Å². The van der Waals surface area contributed by atoms with E-state index in [2.05, 4.69) is 9.97 Å². The Balaban J connectivity index is 2.05. The minimum Gasteiger partial charge on any atom is -0.370 e. The molecule has 1 aromatic rings. The van der Waals surface area contributed by atoms with Crippen molar-refractivity contribution < 1.29 is 4.74 Å². The smallest absolute Gasteiger partial charge is 0.255 e. The summed E-state index contributed by atoms with van der Waals surface area (Å²) in [6, 6.07) is 0. The second-order valence-corrected chi connectivity index (χ2v) is 6.08. The van der Waals surface area contributed by atoms with Crippen molar-refractivity contribution in [2.75, 3.05) is 7.11 Å². The number of hydrogen-bond acceptors (Lipinski definition) is 4. The molecule has 2 heterocycles. The molecule has 2 aliphatic rings. The molecule has 1 fully saturated rings. The average molecular weight is 266 g/mol. The summed E-state index contributed by atoms with van der Waals surface area (Å²) in [6.07, 6.45) is 5.44. The van der Waals surface area contributed by atoms with Gasteiger partial charge in [-0.25, -0.2) is 4.98 Å². The Morgan fingerprint density at radius 3 is 2.78 bits per heavy atom. The first-order chi connectivity index (χ1) is 8.75. The Morgan fingerprint density at radius 1 is 1.28 bits per heavy atom. The van der Waals surface area contributed by atoms with Crippen LogP contribution in [0.1, 0.15) is 49.2 Å². The van der Waals surface area contributed by atoms with E-state index in [0.717, 1.165) is 54.3 Å². The molecule has 0 unspecified atom stereocenters. The maximum absolute atomic E-state index is 12.1. The van der Waals surface area contributed by atoms with Gasteiger partial charge in [0.25, 0.3) is 5.56 Å². The topological polar surface area (TPSA) is 55.0 Å². The number of aromatic nitrogens is 2. The van der Waals surface area contributed by atoms with Gasteiger partial charge in [0.05, 0.1) is 5.69 Å². The van der Waals surface area contributed by atoms with Crippen molar-refractivity contribution in [2.24, 2.45) is 0 Å². The van der Waals surface area contributed by atoms with Crippen LogP contribution in [0.4, 0.5) is 0 Å². The molecule has 0 radical (unpaired) electrons. The Kier molecular flexibility index (Phi) is 3.20. The van der Waals surface area contributed by atoms with Crippen LogP contribution in [0, 0.1) is 0 Å². The van der Waals surface area contributed by atoms with E-state index >= 15 is 0 Å². The Bertz CT molecular complexity index is 506. The van der Waals surface area contributed by atoms with Gasteiger partial charge in [-0.2, -0.15) is 11.8 Å². The van der Waals surface area contributed by atoms with Crippen molar-refractivity contribution in [3.8, 4) is 0 Å². The van der Waals surface area contributed by atoms with E-state index < -0.39 is 0 Å². The van der Waals surface area contributed by atoms with E-state index in [0.29, 0.717) is 0 Å². The van der Waals surface area contributed by atoms with E-state index in [-0.39, 0.29) is 11.2 Å². The molecule has 5 heteroatoms. The summed E-state index contributed by atoms with van der Waals surface area (Å²) in [5, 5.41) is 0. The number of H-pyrrole nitrogens is 1. The van der Waals surface area contributed by atoms with E-state index in [1.54, 1.807) is 18.9 Å². The summed E-state index contributed by atoms with van der Waals surface area (Å²) in [5.41, 5.74) is 1.48. The Labute approximate surface area is 111 Å². The lowest BCUT2D eigenvalue weighted by Crippen LogP contribution is -2.36. The number of aromatic amines is 1. The van der Waals surface area contributed by atoms with Gasteiger partial charge in [0, 0.05) is 24.2 Å². The van der Waals surface area contributed by atoms with Gasteiger partial charge in [-0.15, -0.1) is 0 Å². The third kappa shape index (κ3) is 1.89. The molecule has 0 aromatic carbocycles. The summed E-state index contributed by atoms with van der Waals surface area (Å²) >= 11 is 1.76. The molecular formula is C13H18N2O2S. The first kappa shape index (κ1) is 12.2. The highest BCUT2D eigenvalue weighted by Gasteiger charge is 2.37. The van der Waals surface area contributed by atoms with Crippen molar-refractivity contribution in [2.45, 2.75) is 49.2 Å². The fourth-order valence-corrected chi connectivity index (χ4v) is 3.97. The zero-order valence-electron chi connectivity index (χ0n) is 10.6. The predicted molar refractivity (Wildman–Crippen MR) is 71.6 cm³/mol. The fraction of sp³-hybridized carbons (Fsp3) is 0.692. The van der Waals surface area contributed by atoms with Crippen molar-refractivity contribution in [1.82, 2.24) is 9.97 Å². The molecule has 1 N–H and O–H groups in total. The normalized spacial score (nSPS) is 21.8. The third-order valence-electron chi connectivity index (χ3n) is 4.07. The van der Waals surface area contributed by atoms with Gasteiger partial charge >= 0.3 is 0 Å². The van der Waals surface area contributed by atoms with Crippen LogP contribution in [-0.4, -0.2) is 17.1 Å². The molecule has 0 bridgehead atoms. The maximum Gasteiger partial charge on any atom is 0.255 e. The summed E-state index contributed by atoms with van der Waals surface area (Å²) < 4.78 is 5.74. The maximum atomic E-state index is 12.1. The van der Waals surface area contributed by atoms with Crippen LogP contribution in [0.3, 0.4) is 0 Å². The SMILES string of the molecule is COC1(c2nc3c(c(=O)[nH]2)CSC3)CCCCC1. The van der Waals surface area contributed by atoms with Crippen LogP contribution in [-0.2, 0) is 21.8 Å². The summed E-state index contributed by atoms with van der Waals surface area (Å²) in [7, 11) is 1.73. The van der Waals surface area contributed by atoms with Crippen LogP contribution < -0.4 is 5.56 Å². The molecule has 4 nitrogen and oxygen atoms in total. The first-order valence-corrected chi connectivity index (χ1v) is 7.66. The van der Waals surface area contributed by atoms with Gasteiger partial charge in [-0.05, 0) is 12.8 Å². The van der Waals surface area contributed by atoms with E-state index in [1.807, 2.05) is 0 Å². The molecule has 0 amide bonds. The molecule has 1 aromatic heterocycles. The van der Waals surface area contributed by atoms with Gasteiger partial charge in [0.1, 0.15) is 11.4 Å². The largest absolute Gasteiger partial charge is 0.370 e. The lowest BCUT2D eigenvalue weighted by Gasteiger charge is -2.34. The Hall–Kier alpha value is -0.810. The number of rotatable bonds is 2. The number of thioether (sulfide) groups is 1. The van der Waals surface area contributed by atoms with Gasteiger partial charge < -0.3 is 9.72 Å². The number of methoxy groups -OCH3 is 1. The van der Waals surface area contributed by atoms with Crippen LogP contribution in [0.15, 0.2) is 4.79 Å². The quantitative estimate of drug-likeness (QED) is 0.892. The minimum atomic E-state index is -0.361. The zero-order chi connectivity index (χ0) is 12.6. The van der Waals surface area contributed by atoms with Gasteiger partial charge in [0.15, 0.2) is 0 Å². The van der Waals surface area contributed by atoms with Crippen molar-refractivity contribution in [1.29, 1.82) is 0 Å². The Morgan fingerprint density at radius 2 is 2.06 bits per heavy atom. The van der Waals surface area contributed by atoms with E-state index in [9.17, 15) is 4.79 Å². The number of nitrogens with one attached hydrogen (secondary N) is 1. The second-order valence-electron chi connectivity index (χ2n) is 5.09. The van der Waals surface area contributed by atoms with E-state index in [1.165, 1.54) is 6.42 Å². The lowest BCUT2D eigenvalue weighted by molar-refractivity contribution is -0.0518. The predicted octanol–water partition coefficient (Wildman–Crippen LogP) is 2.32. The summed E-state index contributed by atoms with van der Waals surface area (Å²) in [6.45, 7) is 0. The molecule has 1 aliphatic carbocycles. The molecule has 98 valence electrons. The standard InChI is InChI=1S/C13H18N2O2S/c1-17-13(5-3-2-4-6-13)12-14-10-8-18-7-9(10)11(16)15-12/h2-8H2,1H3,(H,14,15,16). The summed E-state index contributed by atoms with van der Waals surface area (Å²) in [5.74, 6) is 2.39. The monoisotopic (exact) mass is 266 g/mol. The number of fused-ring (bicyclic) bond motifs is 1. The molecule has 18 heavy (non-hydrogen) atoms. The van der Waals surface area contributed by atoms with Gasteiger partial charge in [-0.3, -0.25) is 4.79 Å².